The van der Waals surface area contributed by atoms with Crippen LogP contribution in [-0.4, -0.2) is 19.6 Å². The van der Waals surface area contributed by atoms with Crippen LogP contribution in [-0.2, 0) is 6.42 Å². The lowest BCUT2D eigenvalue weighted by Crippen LogP contribution is -2.55. The molecule has 94 valence electrons. The fourth-order valence-electron chi connectivity index (χ4n) is 2.68. The molecule has 0 aromatic heterocycles. The van der Waals surface area contributed by atoms with E-state index in [1.165, 1.54) is 37.2 Å². The molecule has 0 radical (unpaired) electrons. The Morgan fingerprint density at radius 2 is 1.71 bits per heavy atom. The zero-order valence-electron chi connectivity index (χ0n) is 11.1. The van der Waals surface area contributed by atoms with E-state index in [9.17, 15) is 0 Å². The first kappa shape index (κ1) is 12.4. The molecule has 0 amide bonds. The van der Waals surface area contributed by atoms with Crippen LogP contribution in [0.3, 0.4) is 0 Å². The highest BCUT2D eigenvalue weighted by Crippen LogP contribution is 2.39. The van der Waals surface area contributed by atoms with E-state index in [0.29, 0.717) is 5.41 Å². The molecule has 0 bridgehead atoms. The smallest absolute Gasteiger partial charge is 0.0366 e. The van der Waals surface area contributed by atoms with Crippen molar-refractivity contribution in [2.45, 2.75) is 33.1 Å². The molecule has 1 fully saturated rings. The SMILES string of the molecule is CCC1(CC)CN(c2ccc(CCN)cc2)C1. The predicted octanol–water partition coefficient (Wildman–Crippen LogP) is 2.81. The van der Waals surface area contributed by atoms with Crippen LogP contribution in [0.2, 0.25) is 0 Å². The molecule has 1 saturated heterocycles. The minimum atomic E-state index is 0.579. The fourth-order valence-corrected chi connectivity index (χ4v) is 2.68. The highest BCUT2D eigenvalue weighted by atomic mass is 15.2. The van der Waals surface area contributed by atoms with Crippen molar-refractivity contribution in [1.82, 2.24) is 0 Å². The Morgan fingerprint density at radius 3 is 2.18 bits per heavy atom. The Morgan fingerprint density at radius 1 is 1.12 bits per heavy atom. The van der Waals surface area contributed by atoms with Gasteiger partial charge in [-0.2, -0.15) is 0 Å². The van der Waals surface area contributed by atoms with Gasteiger partial charge in [0.15, 0.2) is 0 Å². The van der Waals surface area contributed by atoms with Crippen molar-refractivity contribution in [3.05, 3.63) is 29.8 Å². The van der Waals surface area contributed by atoms with Crippen LogP contribution in [0.25, 0.3) is 0 Å². The summed E-state index contributed by atoms with van der Waals surface area (Å²) in [5.41, 5.74) is 8.84. The lowest BCUT2D eigenvalue weighted by atomic mass is 9.75. The first-order valence-corrected chi connectivity index (χ1v) is 6.77. The minimum absolute atomic E-state index is 0.579. The molecule has 1 aliphatic heterocycles. The van der Waals surface area contributed by atoms with Crippen molar-refractivity contribution in [2.24, 2.45) is 11.1 Å². The Kier molecular flexibility index (Phi) is 3.72. The summed E-state index contributed by atoms with van der Waals surface area (Å²) in [7, 11) is 0. The largest absolute Gasteiger partial charge is 0.370 e. The molecule has 1 aromatic rings. The van der Waals surface area contributed by atoms with Gasteiger partial charge in [0.05, 0.1) is 0 Å². The molecular weight excluding hydrogens is 208 g/mol. The van der Waals surface area contributed by atoms with Crippen LogP contribution >= 0.6 is 0 Å². The molecule has 2 nitrogen and oxygen atoms in total. The van der Waals surface area contributed by atoms with Gasteiger partial charge < -0.3 is 10.6 Å². The normalized spacial score (nSPS) is 17.9. The second kappa shape index (κ2) is 5.09. The summed E-state index contributed by atoms with van der Waals surface area (Å²) in [6.07, 6.45) is 3.57. The monoisotopic (exact) mass is 232 g/mol. The maximum atomic E-state index is 5.56. The molecule has 17 heavy (non-hydrogen) atoms. The van der Waals surface area contributed by atoms with Crippen molar-refractivity contribution >= 4 is 5.69 Å². The van der Waals surface area contributed by atoms with Gasteiger partial charge in [-0.3, -0.25) is 0 Å². The number of nitrogens with zero attached hydrogens (tertiary/aromatic N) is 1. The third-order valence-electron chi connectivity index (χ3n) is 4.29. The summed E-state index contributed by atoms with van der Waals surface area (Å²) in [6, 6.07) is 8.89. The molecule has 1 aromatic carbocycles. The molecule has 2 N–H and O–H groups in total. The quantitative estimate of drug-likeness (QED) is 0.846. The van der Waals surface area contributed by atoms with Crippen LogP contribution < -0.4 is 10.6 Å². The third kappa shape index (κ3) is 2.47. The Balaban J connectivity index is 1.97. The Hall–Kier alpha value is -1.02. The van der Waals surface area contributed by atoms with Crippen LogP contribution in [0, 0.1) is 5.41 Å². The van der Waals surface area contributed by atoms with Crippen LogP contribution in [0.5, 0.6) is 0 Å². The van der Waals surface area contributed by atoms with Gasteiger partial charge >= 0.3 is 0 Å². The molecule has 0 aliphatic carbocycles. The van der Waals surface area contributed by atoms with E-state index < -0.39 is 0 Å². The van der Waals surface area contributed by atoms with Crippen molar-refractivity contribution in [2.75, 3.05) is 24.5 Å². The topological polar surface area (TPSA) is 29.3 Å². The summed E-state index contributed by atoms with van der Waals surface area (Å²) in [6.45, 7) is 7.79. The Labute approximate surface area is 105 Å². The second-order valence-electron chi connectivity index (χ2n) is 5.27. The standard InChI is InChI=1S/C15H24N2/c1-3-15(4-2)11-17(12-15)14-7-5-13(6-8-14)9-10-16/h5-8H,3-4,9-12,16H2,1-2H3. The lowest BCUT2D eigenvalue weighted by molar-refractivity contribution is 0.194. The lowest BCUT2D eigenvalue weighted by Gasteiger charge is -2.51. The fraction of sp³-hybridized carbons (Fsp3) is 0.600. The summed E-state index contributed by atoms with van der Waals surface area (Å²) in [5, 5.41) is 0. The van der Waals surface area contributed by atoms with Crippen molar-refractivity contribution < 1.29 is 0 Å². The number of hydrogen-bond donors (Lipinski definition) is 1. The van der Waals surface area contributed by atoms with E-state index in [1.807, 2.05) is 0 Å². The van der Waals surface area contributed by atoms with E-state index in [4.69, 9.17) is 5.73 Å². The van der Waals surface area contributed by atoms with E-state index in [0.717, 1.165) is 13.0 Å². The predicted molar refractivity (Wildman–Crippen MR) is 74.4 cm³/mol. The van der Waals surface area contributed by atoms with Crippen LogP contribution in [0.15, 0.2) is 24.3 Å². The van der Waals surface area contributed by atoms with Crippen molar-refractivity contribution in [1.29, 1.82) is 0 Å². The summed E-state index contributed by atoms with van der Waals surface area (Å²) in [5.74, 6) is 0. The molecule has 0 atom stereocenters. The van der Waals surface area contributed by atoms with Crippen LogP contribution in [0.4, 0.5) is 5.69 Å². The molecule has 1 heterocycles. The Bertz CT molecular complexity index is 344. The summed E-state index contributed by atoms with van der Waals surface area (Å²) < 4.78 is 0. The number of nitrogens with two attached hydrogens (primary N) is 1. The zero-order valence-corrected chi connectivity index (χ0v) is 11.1. The average Bonchev–Trinajstić information content (AvgIpc) is 2.31. The molecular formula is C15H24N2. The summed E-state index contributed by atoms with van der Waals surface area (Å²) in [4.78, 5) is 2.49. The van der Waals surface area contributed by atoms with Gasteiger partial charge in [-0.25, -0.2) is 0 Å². The molecule has 0 saturated carbocycles. The zero-order chi connectivity index (χ0) is 12.3. The molecule has 1 aliphatic rings. The second-order valence-corrected chi connectivity index (χ2v) is 5.27. The molecule has 2 rings (SSSR count). The van der Waals surface area contributed by atoms with Gasteiger partial charge in [-0.1, -0.05) is 26.0 Å². The van der Waals surface area contributed by atoms with Crippen LogP contribution in [0.1, 0.15) is 32.3 Å². The van der Waals surface area contributed by atoms with Gasteiger partial charge in [0.25, 0.3) is 0 Å². The van der Waals surface area contributed by atoms with Crippen molar-refractivity contribution in [3.8, 4) is 0 Å². The van der Waals surface area contributed by atoms with E-state index in [1.54, 1.807) is 0 Å². The van der Waals surface area contributed by atoms with Gasteiger partial charge in [-0.05, 0) is 43.5 Å². The van der Waals surface area contributed by atoms with Gasteiger partial charge in [0.2, 0.25) is 0 Å². The average molecular weight is 232 g/mol. The first-order valence-electron chi connectivity index (χ1n) is 6.77. The molecule has 2 heteroatoms. The van der Waals surface area contributed by atoms with E-state index in [2.05, 4.69) is 43.0 Å². The minimum Gasteiger partial charge on any atom is -0.370 e. The number of benzene rings is 1. The number of hydrogen-bond acceptors (Lipinski definition) is 2. The van der Waals surface area contributed by atoms with Crippen molar-refractivity contribution in [3.63, 3.8) is 0 Å². The number of anilines is 1. The maximum Gasteiger partial charge on any atom is 0.0366 e. The van der Waals surface area contributed by atoms with Gasteiger partial charge in [-0.15, -0.1) is 0 Å². The highest BCUT2D eigenvalue weighted by Gasteiger charge is 2.39. The maximum absolute atomic E-state index is 5.56. The van der Waals surface area contributed by atoms with Gasteiger partial charge in [0, 0.05) is 24.2 Å². The van der Waals surface area contributed by atoms with Gasteiger partial charge in [0.1, 0.15) is 0 Å². The van der Waals surface area contributed by atoms with E-state index in [-0.39, 0.29) is 0 Å². The molecule has 0 unspecified atom stereocenters. The third-order valence-corrected chi connectivity index (χ3v) is 4.29. The first-order chi connectivity index (χ1) is 8.23. The summed E-state index contributed by atoms with van der Waals surface area (Å²) >= 11 is 0. The number of rotatable bonds is 5. The molecule has 0 spiro atoms. The van der Waals surface area contributed by atoms with E-state index >= 15 is 0 Å². The highest BCUT2D eigenvalue weighted by molar-refractivity contribution is 5.50.